The highest BCUT2D eigenvalue weighted by atomic mass is 32.1. The number of primary amides is 1. The van der Waals surface area contributed by atoms with Crippen LogP contribution in [0.2, 0.25) is 0 Å². The van der Waals surface area contributed by atoms with Gasteiger partial charge in [0.2, 0.25) is 17.7 Å². The lowest BCUT2D eigenvalue weighted by atomic mass is 9.88. The van der Waals surface area contributed by atoms with Gasteiger partial charge in [0.15, 0.2) is 10.8 Å². The van der Waals surface area contributed by atoms with Gasteiger partial charge >= 0.3 is 18.1 Å². The van der Waals surface area contributed by atoms with Crippen molar-refractivity contribution in [1.29, 1.82) is 0 Å². The molecule has 30 heteroatoms. The zero-order chi connectivity index (χ0) is 70.4. The molecule has 0 radical (unpaired) electrons. The number of urea groups is 1. The molecule has 1 aliphatic heterocycles. The first-order valence-corrected chi connectivity index (χ1v) is 34.2. The number of nitrogens with two attached hydrogens (primary N) is 1. The second-order valence-electron chi connectivity index (χ2n) is 24.3. The molecule has 8 rings (SSSR count). The van der Waals surface area contributed by atoms with Crippen molar-refractivity contribution in [2.75, 3.05) is 148 Å². The van der Waals surface area contributed by atoms with Gasteiger partial charge in [0.25, 0.3) is 5.91 Å². The number of hydrogen-bond acceptors (Lipinski definition) is 21. The number of aromatic nitrogens is 4. The molecule has 4 heterocycles. The highest BCUT2D eigenvalue weighted by Crippen LogP contribution is 2.42. The summed E-state index contributed by atoms with van der Waals surface area (Å²) in [5, 5.41) is 32.2. The number of carbonyl (C=O) groups excluding carboxylic acids is 6. The lowest BCUT2D eigenvalue weighted by Crippen LogP contribution is -2.47. The van der Waals surface area contributed by atoms with Gasteiger partial charge in [0.1, 0.15) is 18.5 Å². The summed E-state index contributed by atoms with van der Waals surface area (Å²) in [7, 11) is 3.46. The van der Waals surface area contributed by atoms with Crippen LogP contribution in [0.5, 0.6) is 0 Å². The Kier molecular flexibility index (Phi) is 30.5. The molecule has 9 N–H and O–H groups in total. The van der Waals surface area contributed by atoms with Crippen molar-refractivity contribution < 1.29 is 76.6 Å². The van der Waals surface area contributed by atoms with Crippen LogP contribution in [-0.2, 0) is 78.4 Å². The van der Waals surface area contributed by atoms with Crippen LogP contribution in [0.25, 0.3) is 21.3 Å². The number of pyridine rings is 1. The van der Waals surface area contributed by atoms with E-state index in [9.17, 15) is 38.7 Å². The largest absolute Gasteiger partial charge is 0.476 e. The standard InChI is InChI=1S/C69H93N13O16S/c1-47-54(52-18-19-59(78-62(52)65(87)88)81-26-21-49-9-7-10-53(55(49)44-81)63(85)79-67-77-56-11-5-6-13-58(56)99-67)42-74-82(47)46-69(2)23-20-51(41-69)97-40-39-96-36-33-93-30-27-80(4)68(90)98-45-48-14-16-50(17-15-48)75-64(86)57(12-8-24-72-66(70)89)76-61(84)43-73-60(83)22-28-91-31-34-94-37-38-95-35-32-92-29-25-71-3/h5-7,9-11,13-19,42,51,57,71H,8,12,20-41,43-46H2,1-4H3,(H,73,83)(H,75,86)(H,76,84)(H,87,88)(H3,70,72,89)(H,77,79,85). The average molecular weight is 1390 g/mol. The number of rotatable bonds is 43. The monoisotopic (exact) mass is 1390 g/mol. The lowest BCUT2D eigenvalue weighted by molar-refractivity contribution is -0.128. The fourth-order valence-electron chi connectivity index (χ4n) is 11.3. The van der Waals surface area contributed by atoms with E-state index in [0.717, 1.165) is 52.8 Å². The highest BCUT2D eigenvalue weighted by molar-refractivity contribution is 7.22. The Morgan fingerprint density at radius 3 is 2.20 bits per heavy atom. The van der Waals surface area contributed by atoms with Crippen molar-refractivity contribution >= 4 is 79.9 Å². The molecule has 0 bridgehead atoms. The van der Waals surface area contributed by atoms with Crippen LogP contribution in [0.3, 0.4) is 0 Å². The quantitative estimate of drug-likeness (QED) is 0.0206. The summed E-state index contributed by atoms with van der Waals surface area (Å²) in [6.45, 7) is 11.4. The number of fused-ring (bicyclic) bond motifs is 2. The third kappa shape index (κ3) is 24.6. The average Bonchev–Trinajstić information content (AvgIpc) is 1.23. The van der Waals surface area contributed by atoms with Gasteiger partial charge in [0, 0.05) is 80.8 Å². The van der Waals surface area contributed by atoms with Crippen LogP contribution in [0, 0.1) is 12.3 Å². The van der Waals surface area contributed by atoms with Crippen LogP contribution in [0.4, 0.5) is 26.2 Å². The number of thiazole rings is 1. The molecule has 0 spiro atoms. The van der Waals surface area contributed by atoms with E-state index in [1.807, 2.05) is 66.0 Å². The first kappa shape index (κ1) is 76.0. The highest BCUT2D eigenvalue weighted by Gasteiger charge is 2.37. The second-order valence-corrected chi connectivity index (χ2v) is 25.3. The zero-order valence-corrected chi connectivity index (χ0v) is 57.6. The van der Waals surface area contributed by atoms with Crippen molar-refractivity contribution in [2.45, 2.75) is 90.6 Å². The first-order chi connectivity index (χ1) is 47.9. The van der Waals surface area contributed by atoms with Crippen molar-refractivity contribution in [2.24, 2.45) is 11.1 Å². The Labute approximate surface area is 579 Å². The van der Waals surface area contributed by atoms with Gasteiger partial charge in [-0.05, 0) is 117 Å². The summed E-state index contributed by atoms with van der Waals surface area (Å²) >= 11 is 1.42. The van der Waals surface area contributed by atoms with Gasteiger partial charge in [-0.3, -0.25) is 29.2 Å². The van der Waals surface area contributed by atoms with E-state index < -0.39 is 41.9 Å². The first-order valence-electron chi connectivity index (χ1n) is 33.3. The number of carbonyl (C=O) groups is 7. The van der Waals surface area contributed by atoms with E-state index >= 15 is 0 Å². The normalized spacial score (nSPS) is 15.3. The molecule has 1 fully saturated rings. The summed E-state index contributed by atoms with van der Waals surface area (Å²) < 4.78 is 47.9. The van der Waals surface area contributed by atoms with Crippen LogP contribution in [0.15, 0.2) is 85.1 Å². The van der Waals surface area contributed by atoms with E-state index in [-0.39, 0.29) is 82.0 Å². The van der Waals surface area contributed by atoms with Crippen molar-refractivity contribution in [3.63, 3.8) is 0 Å². The summed E-state index contributed by atoms with van der Waals surface area (Å²) in [4.78, 5) is 102. The summed E-state index contributed by atoms with van der Waals surface area (Å²) in [6.07, 6.45) is 4.94. The van der Waals surface area contributed by atoms with Gasteiger partial charge in [0.05, 0.1) is 115 Å². The number of carboxylic acid groups (broad SMARTS) is 1. The number of carboxylic acids is 1. The smallest absolute Gasteiger partial charge is 0.409 e. The molecule has 536 valence electrons. The maximum absolute atomic E-state index is 13.7. The zero-order valence-electron chi connectivity index (χ0n) is 56.8. The Morgan fingerprint density at radius 1 is 0.778 bits per heavy atom. The fourth-order valence-corrected chi connectivity index (χ4v) is 12.2. The predicted octanol–water partition coefficient (Wildman–Crippen LogP) is 5.92. The number of amides is 7. The number of ether oxygens (including phenoxy) is 8. The molecule has 7 amide bonds. The molecule has 3 aromatic carbocycles. The van der Waals surface area contributed by atoms with Gasteiger partial charge < -0.3 is 85.1 Å². The number of nitrogens with zero attached hydrogens (tertiary/aromatic N) is 6. The number of hydrogen-bond donors (Lipinski definition) is 8. The minimum Gasteiger partial charge on any atom is -0.476 e. The van der Waals surface area contributed by atoms with Gasteiger partial charge in [-0.25, -0.2) is 24.4 Å². The number of para-hydroxylation sites is 1. The maximum atomic E-state index is 13.7. The molecule has 0 saturated heterocycles. The molecule has 3 atom stereocenters. The molecule has 29 nitrogen and oxygen atoms in total. The Bertz CT molecular complexity index is 3580. The lowest BCUT2D eigenvalue weighted by Gasteiger charge is -2.31. The van der Waals surface area contributed by atoms with Gasteiger partial charge in [-0.1, -0.05) is 54.7 Å². The molecule has 2 aliphatic rings. The molecule has 3 unspecified atom stereocenters. The summed E-state index contributed by atoms with van der Waals surface area (Å²) in [6, 6.07) is 22.0. The summed E-state index contributed by atoms with van der Waals surface area (Å²) in [5.41, 5.74) is 11.4. The van der Waals surface area contributed by atoms with E-state index in [1.54, 1.807) is 49.6 Å². The fraction of sp³-hybridized carbons (Fsp3) is 0.507. The van der Waals surface area contributed by atoms with Crippen LogP contribution >= 0.6 is 11.3 Å². The second kappa shape index (κ2) is 39.8. The van der Waals surface area contributed by atoms with Crippen molar-refractivity contribution in [3.8, 4) is 11.1 Å². The number of benzene rings is 3. The molecular weight excluding hydrogens is 1300 g/mol. The van der Waals surface area contributed by atoms with Crippen LogP contribution in [0.1, 0.15) is 88.7 Å². The summed E-state index contributed by atoms with van der Waals surface area (Å²) in [5.74, 6) is -2.44. The Balaban J connectivity index is 0.670. The molecule has 1 saturated carbocycles. The molecule has 6 aromatic rings. The molecular formula is C69H93N13O16S. The topological polar surface area (TPSA) is 362 Å². The van der Waals surface area contributed by atoms with Crippen molar-refractivity contribution in [3.05, 3.63) is 119 Å². The van der Waals surface area contributed by atoms with E-state index in [0.29, 0.717) is 137 Å². The SMILES string of the molecule is CNCCOCCOCCOCCOCCC(=O)NCC(=O)NC(CCCNC(N)=O)C(=O)Nc1ccc(COC(=O)N(C)CCOCCOCCOC2CCC(C)(Cn3ncc(-c4ccc(N5CCc6cccc(C(=O)Nc7nc8ccccc8s7)c6C5)nc4C(=O)O)c3C)C2)cc1. The van der Waals surface area contributed by atoms with Crippen molar-refractivity contribution in [1.82, 2.24) is 45.9 Å². The Hall–Kier alpha value is -8.72. The number of aromatic carboxylic acids is 1. The van der Waals surface area contributed by atoms with E-state index in [4.69, 9.17) is 53.7 Å². The van der Waals surface area contributed by atoms with Crippen LogP contribution in [-0.4, -0.2) is 216 Å². The predicted molar refractivity (Wildman–Crippen MR) is 371 cm³/mol. The minimum atomic E-state index is -1.15. The number of likely N-dealkylation sites (N-methyl/N-ethyl adjacent to an activating group) is 2. The third-order valence-electron chi connectivity index (χ3n) is 16.7. The van der Waals surface area contributed by atoms with E-state index in [2.05, 4.69) is 43.8 Å². The maximum Gasteiger partial charge on any atom is 0.409 e. The molecule has 3 aromatic heterocycles. The molecule has 99 heavy (non-hydrogen) atoms. The van der Waals surface area contributed by atoms with Crippen LogP contribution < -0.4 is 42.5 Å². The van der Waals surface area contributed by atoms with Gasteiger partial charge in [-0.15, -0.1) is 0 Å². The minimum absolute atomic E-state index is 0.00831. The Morgan fingerprint density at radius 2 is 1.48 bits per heavy atom. The number of nitrogens with one attached hydrogen (secondary N) is 6. The third-order valence-corrected chi connectivity index (χ3v) is 17.7. The van der Waals surface area contributed by atoms with E-state index in [1.165, 1.54) is 16.2 Å². The number of anilines is 3. The van der Waals surface area contributed by atoms with Gasteiger partial charge in [-0.2, -0.15) is 5.10 Å². The molecule has 1 aliphatic carbocycles.